The molecule has 0 aliphatic carbocycles. The molecule has 19 heavy (non-hydrogen) atoms. The van der Waals surface area contributed by atoms with Gasteiger partial charge in [0.1, 0.15) is 5.82 Å². The molecule has 2 rings (SSSR count). The van der Waals surface area contributed by atoms with Crippen LogP contribution in [0.15, 0.2) is 18.3 Å². The lowest BCUT2D eigenvalue weighted by atomic mass is 10.3. The fourth-order valence-corrected chi connectivity index (χ4v) is 3.02. The van der Waals surface area contributed by atoms with Gasteiger partial charge in [-0.2, -0.15) is 0 Å². The molecule has 0 aliphatic rings. The van der Waals surface area contributed by atoms with Crippen molar-refractivity contribution in [1.29, 1.82) is 0 Å². The van der Waals surface area contributed by atoms with Gasteiger partial charge in [-0.05, 0) is 32.4 Å². The maximum Gasteiger partial charge on any atom is 0.103 e. The molecule has 2 N–H and O–H groups in total. The number of imidazole rings is 1. The summed E-state index contributed by atoms with van der Waals surface area (Å²) in [6, 6.07) is 4.34. The zero-order valence-corrected chi connectivity index (χ0v) is 12.3. The highest BCUT2D eigenvalue weighted by atomic mass is 32.1. The van der Waals surface area contributed by atoms with Crippen molar-refractivity contribution >= 4 is 11.3 Å². The summed E-state index contributed by atoms with van der Waals surface area (Å²) >= 11 is 1.84. The maximum atomic E-state index is 9.01. The first-order chi connectivity index (χ1) is 9.17. The van der Waals surface area contributed by atoms with Gasteiger partial charge in [0.15, 0.2) is 0 Å². The summed E-state index contributed by atoms with van der Waals surface area (Å²) in [6.45, 7) is 7.00. The Morgan fingerprint density at radius 3 is 2.74 bits per heavy atom. The van der Waals surface area contributed by atoms with Gasteiger partial charge in [-0.25, -0.2) is 4.98 Å². The van der Waals surface area contributed by atoms with Gasteiger partial charge in [0, 0.05) is 47.9 Å². The van der Waals surface area contributed by atoms with E-state index in [0.717, 1.165) is 37.6 Å². The van der Waals surface area contributed by atoms with Crippen molar-refractivity contribution in [3.8, 4) is 0 Å². The van der Waals surface area contributed by atoms with Crippen LogP contribution >= 0.6 is 11.3 Å². The lowest BCUT2D eigenvalue weighted by Gasteiger charge is -2.20. The summed E-state index contributed by atoms with van der Waals surface area (Å²) in [5.74, 6) is 0.948. The van der Waals surface area contributed by atoms with Crippen LogP contribution < -0.4 is 0 Å². The fourth-order valence-electron chi connectivity index (χ4n) is 2.09. The molecular weight excluding hydrogens is 258 g/mol. The summed E-state index contributed by atoms with van der Waals surface area (Å²) in [4.78, 5) is 12.5. The third-order valence-electron chi connectivity index (χ3n) is 2.96. The normalized spacial score (nSPS) is 11.4. The Morgan fingerprint density at radius 2 is 2.16 bits per heavy atom. The number of hydrogen-bond acceptors (Lipinski definition) is 4. The third-order valence-corrected chi connectivity index (χ3v) is 3.94. The Bertz CT molecular complexity index is 464. The quantitative estimate of drug-likeness (QED) is 0.818. The number of rotatable bonds is 7. The minimum atomic E-state index is 0.238. The van der Waals surface area contributed by atoms with Gasteiger partial charge in [-0.15, -0.1) is 11.3 Å². The first-order valence-electron chi connectivity index (χ1n) is 6.56. The summed E-state index contributed by atoms with van der Waals surface area (Å²) in [7, 11) is 0. The molecule has 2 aromatic heterocycles. The molecule has 0 amide bonds. The van der Waals surface area contributed by atoms with Crippen LogP contribution in [0, 0.1) is 13.8 Å². The highest BCUT2D eigenvalue weighted by Gasteiger charge is 2.09. The molecule has 0 spiro atoms. The van der Waals surface area contributed by atoms with E-state index in [4.69, 9.17) is 5.11 Å². The molecule has 2 aromatic rings. The Balaban J connectivity index is 1.98. The second-order valence-electron chi connectivity index (χ2n) is 4.79. The molecule has 0 unspecified atom stereocenters. The second kappa shape index (κ2) is 6.84. The molecule has 0 saturated carbocycles. The number of nitrogens with zero attached hydrogens (tertiary/aromatic N) is 2. The second-order valence-corrected chi connectivity index (χ2v) is 6.17. The topological polar surface area (TPSA) is 52.1 Å². The van der Waals surface area contributed by atoms with Crippen molar-refractivity contribution in [2.75, 3.05) is 13.2 Å². The molecule has 104 valence electrons. The highest BCUT2D eigenvalue weighted by Crippen LogP contribution is 2.18. The van der Waals surface area contributed by atoms with Crippen molar-refractivity contribution in [3.63, 3.8) is 0 Å². The van der Waals surface area contributed by atoms with Gasteiger partial charge in [0.05, 0.1) is 0 Å². The van der Waals surface area contributed by atoms with E-state index in [1.54, 1.807) is 0 Å². The van der Waals surface area contributed by atoms with Crippen LogP contribution in [0.2, 0.25) is 0 Å². The number of H-pyrrole nitrogens is 1. The van der Waals surface area contributed by atoms with Crippen LogP contribution in [0.4, 0.5) is 0 Å². The van der Waals surface area contributed by atoms with Crippen LogP contribution in [0.1, 0.15) is 27.7 Å². The molecule has 0 atom stereocenters. The summed E-state index contributed by atoms with van der Waals surface area (Å²) < 4.78 is 0. The van der Waals surface area contributed by atoms with E-state index < -0.39 is 0 Å². The van der Waals surface area contributed by atoms with Crippen LogP contribution in [0.3, 0.4) is 0 Å². The van der Waals surface area contributed by atoms with E-state index in [1.807, 2.05) is 24.5 Å². The SMILES string of the molecule is Cc1ncc(CN(CCCO)Cc2ccc(C)s2)[nH]1. The fraction of sp³-hybridized carbons (Fsp3) is 0.500. The van der Waals surface area contributed by atoms with Crippen LogP contribution in [-0.2, 0) is 13.1 Å². The first-order valence-corrected chi connectivity index (χ1v) is 7.38. The van der Waals surface area contributed by atoms with Gasteiger partial charge >= 0.3 is 0 Å². The lowest BCUT2D eigenvalue weighted by Crippen LogP contribution is -2.24. The number of aromatic amines is 1. The summed E-state index contributed by atoms with van der Waals surface area (Å²) in [6.07, 6.45) is 2.69. The molecule has 0 aromatic carbocycles. The van der Waals surface area contributed by atoms with Gasteiger partial charge < -0.3 is 10.1 Å². The minimum absolute atomic E-state index is 0.238. The minimum Gasteiger partial charge on any atom is -0.396 e. The molecule has 0 bridgehead atoms. The Kier molecular flexibility index (Phi) is 5.13. The molecule has 0 aliphatic heterocycles. The number of hydrogen-bond donors (Lipinski definition) is 2. The molecular formula is C14H21N3OS. The third kappa shape index (κ3) is 4.45. The number of thiophene rings is 1. The molecule has 4 nitrogen and oxygen atoms in total. The number of nitrogens with one attached hydrogen (secondary N) is 1. The van der Waals surface area contributed by atoms with Gasteiger partial charge in [-0.3, -0.25) is 4.90 Å². The zero-order valence-electron chi connectivity index (χ0n) is 11.5. The maximum absolute atomic E-state index is 9.01. The monoisotopic (exact) mass is 279 g/mol. The van der Waals surface area contributed by atoms with E-state index in [1.165, 1.54) is 9.75 Å². The van der Waals surface area contributed by atoms with E-state index in [0.29, 0.717) is 0 Å². The number of aryl methyl sites for hydroxylation is 2. The van der Waals surface area contributed by atoms with E-state index in [2.05, 4.69) is 33.9 Å². The molecule has 0 radical (unpaired) electrons. The number of aliphatic hydroxyl groups excluding tert-OH is 1. The van der Waals surface area contributed by atoms with Gasteiger partial charge in [0.2, 0.25) is 0 Å². The molecule has 0 fully saturated rings. The van der Waals surface area contributed by atoms with Crippen molar-refractivity contribution in [3.05, 3.63) is 39.6 Å². The van der Waals surface area contributed by atoms with Crippen LogP contribution in [0.25, 0.3) is 0 Å². The first kappa shape index (κ1) is 14.2. The summed E-state index contributed by atoms with van der Waals surface area (Å²) in [5, 5.41) is 9.01. The van der Waals surface area contributed by atoms with Crippen molar-refractivity contribution < 1.29 is 5.11 Å². The number of aromatic nitrogens is 2. The molecule has 5 heteroatoms. The molecule has 2 heterocycles. The van der Waals surface area contributed by atoms with E-state index in [9.17, 15) is 0 Å². The average molecular weight is 279 g/mol. The summed E-state index contributed by atoms with van der Waals surface area (Å²) in [5.41, 5.74) is 1.13. The largest absolute Gasteiger partial charge is 0.396 e. The van der Waals surface area contributed by atoms with Crippen molar-refractivity contribution in [2.24, 2.45) is 0 Å². The highest BCUT2D eigenvalue weighted by molar-refractivity contribution is 7.11. The lowest BCUT2D eigenvalue weighted by molar-refractivity contribution is 0.212. The Morgan fingerprint density at radius 1 is 1.32 bits per heavy atom. The Hall–Kier alpha value is -1.17. The Labute approximate surface area is 118 Å². The standard InChI is InChI=1S/C14H21N3OS/c1-11-4-5-14(19-11)10-17(6-3-7-18)9-13-8-15-12(2)16-13/h4-5,8,18H,3,6-7,9-10H2,1-2H3,(H,15,16). The zero-order chi connectivity index (χ0) is 13.7. The number of aliphatic hydroxyl groups is 1. The molecule has 0 saturated heterocycles. The van der Waals surface area contributed by atoms with E-state index >= 15 is 0 Å². The predicted molar refractivity (Wildman–Crippen MR) is 78.2 cm³/mol. The smallest absolute Gasteiger partial charge is 0.103 e. The van der Waals surface area contributed by atoms with Gasteiger partial charge in [0.25, 0.3) is 0 Å². The van der Waals surface area contributed by atoms with Crippen LogP contribution in [-0.4, -0.2) is 33.1 Å². The predicted octanol–water partition coefficient (Wildman–Crippen LogP) is 2.47. The average Bonchev–Trinajstić information content (AvgIpc) is 2.95. The van der Waals surface area contributed by atoms with Gasteiger partial charge in [-0.1, -0.05) is 0 Å². The van der Waals surface area contributed by atoms with Crippen molar-refractivity contribution in [2.45, 2.75) is 33.4 Å². The van der Waals surface area contributed by atoms with E-state index in [-0.39, 0.29) is 6.61 Å². The van der Waals surface area contributed by atoms with Crippen molar-refractivity contribution in [1.82, 2.24) is 14.9 Å². The van der Waals surface area contributed by atoms with Crippen LogP contribution in [0.5, 0.6) is 0 Å².